The van der Waals surface area contributed by atoms with Gasteiger partial charge in [-0.15, -0.1) is 0 Å². The second-order valence-electron chi connectivity index (χ2n) is 15.6. The molecule has 0 saturated heterocycles. The van der Waals surface area contributed by atoms with E-state index < -0.39 is 11.2 Å². The van der Waals surface area contributed by atoms with Gasteiger partial charge in [-0.2, -0.15) is 10.2 Å². The highest BCUT2D eigenvalue weighted by Gasteiger charge is 2.35. The first-order valence-electron chi connectivity index (χ1n) is 17.2. The fraction of sp³-hybridized carbons (Fsp3) is 0.500. The lowest BCUT2D eigenvalue weighted by atomic mass is 10.0. The Balaban J connectivity index is 0.000000159. The van der Waals surface area contributed by atoms with E-state index >= 15 is 0 Å². The number of nitrogens with zero attached hydrogens (tertiary/aromatic N) is 8. The molecule has 2 N–H and O–H groups in total. The first-order chi connectivity index (χ1) is 24.0. The predicted octanol–water partition coefficient (Wildman–Crippen LogP) is 5.47. The summed E-state index contributed by atoms with van der Waals surface area (Å²) in [6, 6.07) is 0. The van der Waals surface area contributed by atoms with E-state index in [1.54, 1.807) is 16.1 Å². The van der Waals surface area contributed by atoms with E-state index in [0.717, 1.165) is 68.3 Å². The van der Waals surface area contributed by atoms with E-state index in [9.17, 15) is 9.59 Å². The maximum atomic E-state index is 12.5. The van der Waals surface area contributed by atoms with E-state index in [1.807, 2.05) is 50.9 Å². The van der Waals surface area contributed by atoms with Crippen molar-refractivity contribution >= 4 is 18.1 Å². The second-order valence-corrected chi connectivity index (χ2v) is 15.6. The molecule has 4 aliphatic heterocycles. The van der Waals surface area contributed by atoms with Crippen molar-refractivity contribution in [2.45, 2.75) is 105 Å². The zero-order valence-electron chi connectivity index (χ0n) is 30.2. The molecule has 15 nitrogen and oxygen atoms in total. The molecule has 8 rings (SSSR count). The molecule has 0 atom stereocenters. The molecule has 0 spiro atoms. The second kappa shape index (κ2) is 12.5. The maximum absolute atomic E-state index is 12.5. The van der Waals surface area contributed by atoms with E-state index in [4.69, 9.17) is 34.5 Å². The summed E-state index contributed by atoms with van der Waals surface area (Å²) in [5.41, 5.74) is 16.1. The molecule has 0 unspecified atom stereocenters. The standard InChI is InChI=1S/C18H23N5O3.C18H22N4O3/c1-10-7-11-14(21-26-16(11)19)15-12-9-22(17(24)25-18(2,3)4)6-5-13(12)20-23(15)8-10;1-11-7-12-10-24-20-15(12)16-13-9-21(17(23)25-18(2,3)4)6-5-14(13)19-22(16)8-11/h1,5-9,19H2,2-4H3;10H,1,5-9H2,2-4H3. The molecule has 0 fully saturated rings. The first kappa shape index (κ1) is 34.1. The zero-order chi connectivity index (χ0) is 36.4. The van der Waals surface area contributed by atoms with Gasteiger partial charge in [0, 0.05) is 55.5 Å². The van der Waals surface area contributed by atoms with Gasteiger partial charge >= 0.3 is 12.2 Å². The van der Waals surface area contributed by atoms with Gasteiger partial charge in [-0.1, -0.05) is 34.6 Å². The molecule has 15 heteroatoms. The largest absolute Gasteiger partial charge is 0.444 e. The van der Waals surface area contributed by atoms with Crippen molar-refractivity contribution in [3.8, 4) is 22.8 Å². The summed E-state index contributed by atoms with van der Waals surface area (Å²) < 4.78 is 25.3. The molecule has 0 bridgehead atoms. The fourth-order valence-electron chi connectivity index (χ4n) is 6.89. The quantitative estimate of drug-likeness (QED) is 0.231. The molecule has 0 radical (unpaired) electrons. The summed E-state index contributed by atoms with van der Waals surface area (Å²) in [7, 11) is 0. The lowest BCUT2D eigenvalue weighted by Crippen LogP contribution is -2.39. The van der Waals surface area contributed by atoms with Crippen molar-refractivity contribution in [2.24, 2.45) is 0 Å². The molecule has 270 valence electrons. The van der Waals surface area contributed by atoms with Crippen LogP contribution in [-0.2, 0) is 61.3 Å². The van der Waals surface area contributed by atoms with Crippen molar-refractivity contribution in [3.05, 3.63) is 64.2 Å². The summed E-state index contributed by atoms with van der Waals surface area (Å²) in [5, 5.41) is 17.8. The number of nitrogen functional groups attached to an aromatic ring is 1. The van der Waals surface area contributed by atoms with Gasteiger partial charge in [0.2, 0.25) is 5.88 Å². The van der Waals surface area contributed by atoms with Crippen LogP contribution in [-0.4, -0.2) is 76.2 Å². The number of ether oxygens (including phenoxy) is 2. The van der Waals surface area contributed by atoms with Crippen LogP contribution in [0.25, 0.3) is 22.8 Å². The molecule has 51 heavy (non-hydrogen) atoms. The molecule has 2 amide bonds. The molecule has 8 heterocycles. The summed E-state index contributed by atoms with van der Waals surface area (Å²) in [5.74, 6) is 0.310. The number of allylic oxidation sites excluding steroid dienone is 2. The topological polar surface area (TPSA) is 173 Å². The highest BCUT2D eigenvalue weighted by molar-refractivity contribution is 5.73. The van der Waals surface area contributed by atoms with Gasteiger partial charge in [-0.3, -0.25) is 9.36 Å². The molecule has 4 aromatic rings. The van der Waals surface area contributed by atoms with E-state index in [1.165, 1.54) is 0 Å². The third-order valence-corrected chi connectivity index (χ3v) is 9.03. The normalized spacial score (nSPS) is 16.7. The minimum Gasteiger partial charge on any atom is -0.444 e. The summed E-state index contributed by atoms with van der Waals surface area (Å²) in [6.07, 6.45) is 3.77. The van der Waals surface area contributed by atoms with Crippen LogP contribution < -0.4 is 5.73 Å². The van der Waals surface area contributed by atoms with Crippen molar-refractivity contribution in [1.29, 1.82) is 0 Å². The van der Waals surface area contributed by atoms with Crippen molar-refractivity contribution < 1.29 is 28.1 Å². The monoisotopic (exact) mass is 699 g/mol. The number of carbonyl (C=O) groups excluding carboxylic acids is 2. The van der Waals surface area contributed by atoms with Crippen LogP contribution in [0.2, 0.25) is 0 Å². The number of rotatable bonds is 0. The van der Waals surface area contributed by atoms with E-state index in [0.29, 0.717) is 70.1 Å². The average molecular weight is 700 g/mol. The first-order valence-corrected chi connectivity index (χ1v) is 17.2. The Bertz CT molecular complexity index is 2050. The Morgan fingerprint density at radius 1 is 0.745 bits per heavy atom. The number of carbonyl (C=O) groups is 2. The maximum Gasteiger partial charge on any atom is 0.410 e. The molecule has 0 aromatic carbocycles. The van der Waals surface area contributed by atoms with Crippen LogP contribution >= 0.6 is 0 Å². The Labute approximate surface area is 296 Å². The highest BCUT2D eigenvalue weighted by atomic mass is 16.6. The highest BCUT2D eigenvalue weighted by Crippen LogP contribution is 2.38. The van der Waals surface area contributed by atoms with Crippen LogP contribution in [0.4, 0.5) is 15.5 Å². The van der Waals surface area contributed by atoms with Crippen molar-refractivity contribution in [2.75, 3.05) is 18.8 Å². The van der Waals surface area contributed by atoms with Crippen LogP contribution in [0.5, 0.6) is 0 Å². The minimum absolute atomic E-state index is 0.295. The molecule has 4 aliphatic rings. The molecule has 0 saturated carbocycles. The SMILES string of the molecule is C=C1Cc2c(noc2N)-c2c3c(nn2C1)CCN(C(=O)OC(C)(C)C)C3.C=C1Cc2conc2-c2c3c(nn2C1)CCN(C(=O)OC(C)(C)C)C3. The number of anilines is 1. The van der Waals surface area contributed by atoms with Gasteiger partial charge in [-0.05, 0) is 41.5 Å². The van der Waals surface area contributed by atoms with Crippen LogP contribution in [0.3, 0.4) is 0 Å². The lowest BCUT2D eigenvalue weighted by Gasteiger charge is -2.29. The number of amides is 2. The van der Waals surface area contributed by atoms with E-state index in [2.05, 4.69) is 23.5 Å². The van der Waals surface area contributed by atoms with Gasteiger partial charge in [0.05, 0.1) is 54.5 Å². The zero-order valence-corrected chi connectivity index (χ0v) is 30.2. The smallest absolute Gasteiger partial charge is 0.410 e. The Hall–Kier alpha value is -5.34. The lowest BCUT2D eigenvalue weighted by molar-refractivity contribution is 0.0213. The summed E-state index contributed by atoms with van der Waals surface area (Å²) >= 11 is 0. The Morgan fingerprint density at radius 2 is 1.25 bits per heavy atom. The number of fused-ring (bicyclic) bond motifs is 10. The van der Waals surface area contributed by atoms with E-state index in [-0.39, 0.29) is 12.2 Å². The van der Waals surface area contributed by atoms with Crippen LogP contribution in [0, 0.1) is 0 Å². The van der Waals surface area contributed by atoms with Crippen LogP contribution in [0.15, 0.2) is 39.6 Å². The predicted molar refractivity (Wildman–Crippen MR) is 186 cm³/mol. The number of hydrogen-bond donors (Lipinski definition) is 1. The van der Waals surface area contributed by atoms with Crippen molar-refractivity contribution in [3.63, 3.8) is 0 Å². The summed E-state index contributed by atoms with van der Waals surface area (Å²) in [6.45, 7) is 22.8. The summed E-state index contributed by atoms with van der Waals surface area (Å²) in [4.78, 5) is 28.4. The minimum atomic E-state index is -0.529. The van der Waals surface area contributed by atoms with Gasteiger partial charge in [0.1, 0.15) is 28.9 Å². The Kier molecular flexibility index (Phi) is 8.34. The molecule has 4 aromatic heterocycles. The molecular weight excluding hydrogens is 654 g/mol. The third kappa shape index (κ3) is 6.76. The van der Waals surface area contributed by atoms with Gasteiger partial charge < -0.3 is 34.1 Å². The number of nitrogens with two attached hydrogens (primary N) is 1. The van der Waals surface area contributed by atoms with Gasteiger partial charge in [-0.25, -0.2) is 9.59 Å². The molecule has 0 aliphatic carbocycles. The third-order valence-electron chi connectivity index (χ3n) is 9.03. The Morgan fingerprint density at radius 3 is 1.78 bits per heavy atom. The average Bonchev–Trinajstić information content (AvgIpc) is 3.76. The van der Waals surface area contributed by atoms with Gasteiger partial charge in [0.15, 0.2) is 0 Å². The molecular formula is C36H45N9O6. The van der Waals surface area contributed by atoms with Gasteiger partial charge in [0.25, 0.3) is 0 Å². The van der Waals surface area contributed by atoms with Crippen LogP contribution in [0.1, 0.15) is 75.2 Å². The number of aromatic nitrogens is 6. The number of hydrogen-bond acceptors (Lipinski definition) is 11. The fourth-order valence-corrected chi connectivity index (χ4v) is 6.89. The van der Waals surface area contributed by atoms with Crippen molar-refractivity contribution in [1.82, 2.24) is 39.7 Å².